The van der Waals surface area contributed by atoms with Crippen molar-refractivity contribution in [2.45, 2.75) is 187 Å². The molecule has 356 valence electrons. The minimum atomic E-state index is -0.810. The number of unbranched alkanes of at least 4 members (excludes halogenated alkanes) is 9. The summed E-state index contributed by atoms with van der Waals surface area (Å²) >= 11 is 0. The number of hydrogen-bond donors (Lipinski definition) is 1. The fourth-order valence-electron chi connectivity index (χ4n) is 6.12. The van der Waals surface area contributed by atoms with E-state index >= 15 is 0 Å². The van der Waals surface area contributed by atoms with E-state index < -0.39 is 6.10 Å². The van der Waals surface area contributed by atoms with E-state index in [4.69, 9.17) is 9.47 Å². The number of carbonyl (C=O) groups excluding carboxylic acids is 2. The fraction of sp³-hybridized carbons (Fsp3) is 0.525. The zero-order valence-electron chi connectivity index (χ0n) is 40.5. The van der Waals surface area contributed by atoms with Gasteiger partial charge in [0, 0.05) is 12.8 Å². The molecule has 64 heavy (non-hydrogen) atoms. The Morgan fingerprint density at radius 1 is 0.359 bits per heavy atom. The van der Waals surface area contributed by atoms with Crippen molar-refractivity contribution in [1.29, 1.82) is 0 Å². The molecule has 0 saturated carbocycles. The third-order valence-corrected chi connectivity index (χ3v) is 9.82. The molecule has 0 aliphatic carbocycles. The monoisotopic (exact) mass is 879 g/mol. The molecule has 0 aliphatic heterocycles. The Hall–Kier alpha value is -4.48. The van der Waals surface area contributed by atoms with Crippen LogP contribution < -0.4 is 0 Å². The molecule has 0 heterocycles. The minimum Gasteiger partial charge on any atom is -0.462 e. The molecule has 0 aromatic carbocycles. The number of rotatable bonds is 43. The Morgan fingerprint density at radius 3 is 0.953 bits per heavy atom. The molecule has 1 unspecified atom stereocenters. The number of hydrogen-bond acceptors (Lipinski definition) is 5. The number of aliphatic hydroxyl groups excluding tert-OH is 1. The van der Waals surface area contributed by atoms with Gasteiger partial charge in [-0.3, -0.25) is 9.59 Å². The van der Waals surface area contributed by atoms with Crippen molar-refractivity contribution < 1.29 is 24.2 Å². The average Bonchev–Trinajstić information content (AvgIpc) is 3.30. The van der Waals surface area contributed by atoms with E-state index in [1.54, 1.807) is 0 Å². The summed E-state index contributed by atoms with van der Waals surface area (Å²) in [4.78, 5) is 24.4. The van der Waals surface area contributed by atoms with Gasteiger partial charge in [-0.25, -0.2) is 0 Å². The summed E-state index contributed by atoms with van der Waals surface area (Å²) in [6.07, 6.45) is 81.8. The van der Waals surface area contributed by atoms with Crippen LogP contribution in [0.2, 0.25) is 0 Å². The lowest BCUT2D eigenvalue weighted by atomic mass is 10.1. The maximum absolute atomic E-state index is 12.3. The van der Waals surface area contributed by atoms with Gasteiger partial charge in [0.25, 0.3) is 0 Å². The SMILES string of the molecule is CC/C=C\C/C=C\C/C=C\C/C=C\C/C=C\C/C=C\C/C=C\C/C=C\C/C=C\CCCCCC(=O)OC(CO)COC(=O)CCCCCCCC/C=C\C/C=C\C/C=C\C/C=C\CC. The number of ether oxygens (including phenoxy) is 2. The van der Waals surface area contributed by atoms with Gasteiger partial charge in [0.2, 0.25) is 0 Å². The Morgan fingerprint density at radius 2 is 0.625 bits per heavy atom. The van der Waals surface area contributed by atoms with Crippen LogP contribution in [-0.4, -0.2) is 36.4 Å². The number of carbonyl (C=O) groups is 2. The van der Waals surface area contributed by atoms with Crippen LogP contribution in [0, 0.1) is 0 Å². The minimum absolute atomic E-state index is 0.0990. The highest BCUT2D eigenvalue weighted by atomic mass is 16.6. The molecule has 0 saturated heterocycles. The molecule has 0 aromatic heterocycles. The van der Waals surface area contributed by atoms with Crippen molar-refractivity contribution in [2.24, 2.45) is 0 Å². The van der Waals surface area contributed by atoms with E-state index in [1.165, 1.54) is 19.3 Å². The molecule has 0 aliphatic rings. The van der Waals surface area contributed by atoms with Gasteiger partial charge in [0.05, 0.1) is 6.61 Å². The highest BCUT2D eigenvalue weighted by Crippen LogP contribution is 2.11. The number of aliphatic hydroxyl groups is 1. The van der Waals surface area contributed by atoms with Crippen LogP contribution in [0.4, 0.5) is 0 Å². The van der Waals surface area contributed by atoms with Crippen LogP contribution in [-0.2, 0) is 19.1 Å². The summed E-state index contributed by atoms with van der Waals surface area (Å²) in [5.74, 6) is -0.661. The summed E-state index contributed by atoms with van der Waals surface area (Å²) in [5.41, 5.74) is 0. The molecule has 0 bridgehead atoms. The van der Waals surface area contributed by atoms with Gasteiger partial charge in [-0.05, 0) is 122 Å². The number of esters is 2. The van der Waals surface area contributed by atoms with Crippen LogP contribution >= 0.6 is 0 Å². The molecule has 0 aromatic rings. The summed E-state index contributed by atoms with van der Waals surface area (Å²) < 4.78 is 10.6. The van der Waals surface area contributed by atoms with E-state index in [0.29, 0.717) is 12.8 Å². The predicted octanol–water partition coefficient (Wildman–Crippen LogP) is 16.8. The summed E-state index contributed by atoms with van der Waals surface area (Å²) in [7, 11) is 0. The molecular weight excluding hydrogens is 789 g/mol. The lowest BCUT2D eigenvalue weighted by molar-refractivity contribution is -0.161. The lowest BCUT2D eigenvalue weighted by Crippen LogP contribution is -2.28. The highest BCUT2D eigenvalue weighted by Gasteiger charge is 2.16. The highest BCUT2D eigenvalue weighted by molar-refractivity contribution is 5.70. The smallest absolute Gasteiger partial charge is 0.306 e. The second-order valence-electron chi connectivity index (χ2n) is 15.8. The Kier molecular flexibility index (Phi) is 49.2. The van der Waals surface area contributed by atoms with Gasteiger partial charge in [-0.2, -0.15) is 0 Å². The largest absolute Gasteiger partial charge is 0.462 e. The third kappa shape index (κ3) is 50.2. The van der Waals surface area contributed by atoms with Gasteiger partial charge in [-0.1, -0.05) is 204 Å². The van der Waals surface area contributed by atoms with Gasteiger partial charge >= 0.3 is 11.9 Å². The quantitative estimate of drug-likeness (QED) is 0.0375. The van der Waals surface area contributed by atoms with E-state index in [2.05, 4.69) is 172 Å². The van der Waals surface area contributed by atoms with E-state index in [-0.39, 0.29) is 25.2 Å². The lowest BCUT2D eigenvalue weighted by Gasteiger charge is -2.15. The molecule has 0 spiro atoms. The van der Waals surface area contributed by atoms with E-state index in [1.807, 2.05) is 0 Å². The van der Waals surface area contributed by atoms with Gasteiger partial charge in [-0.15, -0.1) is 0 Å². The van der Waals surface area contributed by atoms with Crippen molar-refractivity contribution in [2.75, 3.05) is 13.2 Å². The Balaban J connectivity index is 3.71. The van der Waals surface area contributed by atoms with Gasteiger partial charge in [0.15, 0.2) is 6.10 Å². The summed E-state index contributed by atoms with van der Waals surface area (Å²) in [6, 6.07) is 0. The zero-order valence-corrected chi connectivity index (χ0v) is 40.5. The first kappa shape index (κ1) is 59.5. The van der Waals surface area contributed by atoms with E-state index in [0.717, 1.165) is 135 Å². The fourth-order valence-corrected chi connectivity index (χ4v) is 6.12. The van der Waals surface area contributed by atoms with Crippen molar-refractivity contribution in [3.63, 3.8) is 0 Å². The van der Waals surface area contributed by atoms with Crippen LogP contribution in [0.1, 0.15) is 181 Å². The molecule has 1 atom stereocenters. The van der Waals surface area contributed by atoms with Crippen molar-refractivity contribution in [3.8, 4) is 0 Å². The van der Waals surface area contributed by atoms with Crippen molar-refractivity contribution in [1.82, 2.24) is 0 Å². The van der Waals surface area contributed by atoms with Crippen LogP contribution in [0.25, 0.3) is 0 Å². The van der Waals surface area contributed by atoms with Gasteiger partial charge < -0.3 is 14.6 Å². The Labute approximate surface area is 392 Å². The summed E-state index contributed by atoms with van der Waals surface area (Å²) in [6.45, 7) is 3.85. The maximum Gasteiger partial charge on any atom is 0.306 e. The second-order valence-corrected chi connectivity index (χ2v) is 15.8. The molecule has 0 fully saturated rings. The first-order chi connectivity index (χ1) is 31.6. The first-order valence-corrected chi connectivity index (χ1v) is 25.0. The van der Waals surface area contributed by atoms with Crippen molar-refractivity contribution in [3.05, 3.63) is 158 Å². The van der Waals surface area contributed by atoms with Crippen LogP contribution in [0.15, 0.2) is 158 Å². The Bertz CT molecular complexity index is 1460. The van der Waals surface area contributed by atoms with Crippen molar-refractivity contribution >= 4 is 11.9 Å². The van der Waals surface area contributed by atoms with E-state index in [9.17, 15) is 14.7 Å². The average molecular weight is 879 g/mol. The second kappa shape index (κ2) is 52.9. The normalized spacial score (nSPS) is 13.6. The molecule has 0 rings (SSSR count). The molecular formula is C59H90O5. The summed E-state index contributed by atoms with van der Waals surface area (Å²) in [5, 5.41) is 9.62. The maximum atomic E-state index is 12.3. The van der Waals surface area contributed by atoms with Gasteiger partial charge in [0.1, 0.15) is 6.61 Å². The topological polar surface area (TPSA) is 72.8 Å². The number of allylic oxidation sites excluding steroid dienone is 26. The standard InChI is InChI=1S/C59H90O5/c1-3-5-7-9-11-13-15-17-19-21-23-24-25-26-27-28-29-30-31-32-33-34-36-38-40-42-44-46-48-50-52-54-59(62)64-57(55-60)56-63-58(61)53-51-49-47-45-43-41-39-37-35-22-20-18-16-14-12-10-8-6-4-2/h5-8,11-14,17-20,23-24,26-27,29-30,32-33,35-38,42,44,57,60H,3-4,9-10,15-16,21-22,25,28,31,34,39-41,43,45-56H2,1-2H3/b7-5-,8-6-,13-11-,14-12-,19-17-,20-18-,24-23-,27-26-,30-29-,33-32-,37-35-,38-36-,44-42-. The third-order valence-electron chi connectivity index (χ3n) is 9.82. The van der Waals surface area contributed by atoms with Crippen LogP contribution in [0.3, 0.4) is 0 Å². The zero-order chi connectivity index (χ0) is 46.3. The van der Waals surface area contributed by atoms with Crippen LogP contribution in [0.5, 0.6) is 0 Å². The molecule has 0 radical (unpaired) electrons. The molecule has 0 amide bonds. The molecule has 1 N–H and O–H groups in total. The molecule has 5 heteroatoms. The first-order valence-electron chi connectivity index (χ1n) is 25.0. The molecule has 5 nitrogen and oxygen atoms in total. The predicted molar refractivity (Wildman–Crippen MR) is 278 cm³/mol.